The maximum Gasteiger partial charge on any atom is 0.259 e. The van der Waals surface area contributed by atoms with Gasteiger partial charge in [-0.25, -0.2) is 0 Å². The van der Waals surface area contributed by atoms with Crippen molar-refractivity contribution in [2.24, 2.45) is 5.92 Å². The van der Waals surface area contributed by atoms with Gasteiger partial charge in [-0.2, -0.15) is 0 Å². The lowest BCUT2D eigenvalue weighted by molar-refractivity contribution is -0.123. The molecule has 1 fully saturated rings. The molecule has 0 aromatic heterocycles. The fourth-order valence-electron chi connectivity index (χ4n) is 2.79. The molecule has 0 bridgehead atoms. The van der Waals surface area contributed by atoms with Gasteiger partial charge >= 0.3 is 0 Å². The van der Waals surface area contributed by atoms with Crippen molar-refractivity contribution in [2.45, 2.75) is 26.7 Å². The average Bonchev–Trinajstić information content (AvgIpc) is 3.49. The predicted molar refractivity (Wildman–Crippen MR) is 116 cm³/mol. The van der Waals surface area contributed by atoms with Gasteiger partial charge in [0, 0.05) is 46.8 Å². The Morgan fingerprint density at radius 1 is 1.41 bits per heavy atom. The van der Waals surface area contributed by atoms with Gasteiger partial charge in [-0.1, -0.05) is 23.8 Å². The molecule has 0 unspecified atom stereocenters. The number of nitrogens with zero attached hydrogens (tertiary/aromatic N) is 1. The van der Waals surface area contributed by atoms with Crippen molar-refractivity contribution in [3.63, 3.8) is 0 Å². The zero-order valence-electron chi connectivity index (χ0n) is 15.9. The summed E-state index contributed by atoms with van der Waals surface area (Å²) < 4.78 is 9.39. The smallest absolute Gasteiger partial charge is 0.259 e. The van der Waals surface area contributed by atoms with Gasteiger partial charge in [0.1, 0.15) is 5.75 Å². The van der Waals surface area contributed by atoms with Crippen molar-refractivity contribution in [3.05, 3.63) is 41.6 Å². The van der Waals surface area contributed by atoms with Gasteiger partial charge < -0.3 is 14.4 Å². The lowest BCUT2D eigenvalue weighted by atomic mass is 9.92. The highest BCUT2D eigenvalue weighted by molar-refractivity contribution is 8.77. The highest BCUT2D eigenvalue weighted by Gasteiger charge is 2.29. The second-order valence-corrected chi connectivity index (χ2v) is 8.98. The van der Waals surface area contributed by atoms with E-state index < -0.39 is 0 Å². The maximum atomic E-state index is 12.3. The molecule has 0 spiro atoms. The van der Waals surface area contributed by atoms with E-state index in [0.717, 1.165) is 22.8 Å². The lowest BCUT2D eigenvalue weighted by Crippen LogP contribution is -2.32. The summed E-state index contributed by atoms with van der Waals surface area (Å²) in [5.41, 5.74) is 3.14. The minimum Gasteiger partial charge on any atom is -0.493 e. The number of allylic oxidation sites excluding steroid dienone is 2. The van der Waals surface area contributed by atoms with Crippen LogP contribution in [-0.2, 0) is 4.79 Å². The van der Waals surface area contributed by atoms with Crippen LogP contribution in [0.1, 0.15) is 32.3 Å². The van der Waals surface area contributed by atoms with Gasteiger partial charge in [-0.05, 0) is 43.9 Å². The summed E-state index contributed by atoms with van der Waals surface area (Å²) in [7, 11) is 5.03. The van der Waals surface area contributed by atoms with Gasteiger partial charge in [-0.3, -0.25) is 10.2 Å². The third-order valence-electron chi connectivity index (χ3n) is 4.48. The van der Waals surface area contributed by atoms with E-state index in [2.05, 4.69) is 11.6 Å². The molecule has 1 aromatic rings. The van der Waals surface area contributed by atoms with Crippen LogP contribution in [-0.4, -0.2) is 35.9 Å². The molecule has 1 heterocycles. The molecule has 0 atom stereocenters. The van der Waals surface area contributed by atoms with Crippen molar-refractivity contribution in [2.75, 3.05) is 24.1 Å². The number of carbonyl (C=O) groups is 1. The Morgan fingerprint density at radius 3 is 2.85 bits per heavy atom. The van der Waals surface area contributed by atoms with Crippen LogP contribution in [0.4, 0.5) is 5.69 Å². The summed E-state index contributed by atoms with van der Waals surface area (Å²) in [4.78, 5) is 13.9. The first-order chi connectivity index (χ1) is 13.0. The van der Waals surface area contributed by atoms with Crippen molar-refractivity contribution in [3.8, 4) is 5.75 Å². The summed E-state index contributed by atoms with van der Waals surface area (Å²) in [6, 6.07) is 5.95. The molecule has 1 aliphatic carbocycles. The Kier molecular flexibility index (Phi) is 6.55. The molecule has 1 aromatic carbocycles. The molecular weight excluding hydrogens is 378 g/mol. The van der Waals surface area contributed by atoms with E-state index in [0.29, 0.717) is 23.7 Å². The number of ether oxygens (including phenoxy) is 1. The highest BCUT2D eigenvalue weighted by Crippen LogP contribution is 2.37. The number of likely N-dealkylation sites (N-methyl/N-ethyl adjacent to an activating group) is 1. The van der Waals surface area contributed by atoms with Crippen LogP contribution in [0.25, 0.3) is 5.57 Å². The molecule has 2 aliphatic rings. The standard InChI is InChI=1S/C20H25N3O2S2/c1-4-15-19(21)17(11-23(3)20(15)24)16-10-14(22-27-26-5-2)8-9-18(16)25-12-13-6-7-13/h4,8-11,13,21-22H,5-7,12H2,1-3H3/b15-4+,21-19?. The second-order valence-electron chi connectivity index (χ2n) is 6.59. The van der Waals surface area contributed by atoms with Crippen LogP contribution in [0.2, 0.25) is 0 Å². The van der Waals surface area contributed by atoms with E-state index in [4.69, 9.17) is 10.1 Å². The minimum absolute atomic E-state index is 0.157. The van der Waals surface area contributed by atoms with Crippen molar-refractivity contribution < 1.29 is 9.53 Å². The van der Waals surface area contributed by atoms with E-state index in [1.807, 2.05) is 18.2 Å². The fraction of sp³-hybridized carbons (Fsp3) is 0.400. The molecule has 27 heavy (non-hydrogen) atoms. The third-order valence-corrected chi connectivity index (χ3v) is 6.46. The van der Waals surface area contributed by atoms with E-state index >= 15 is 0 Å². The van der Waals surface area contributed by atoms with Gasteiger partial charge in [-0.15, -0.1) is 0 Å². The van der Waals surface area contributed by atoms with Crippen LogP contribution in [0.3, 0.4) is 0 Å². The van der Waals surface area contributed by atoms with E-state index in [9.17, 15) is 4.79 Å². The monoisotopic (exact) mass is 403 g/mol. The fourth-order valence-corrected chi connectivity index (χ4v) is 4.01. The lowest BCUT2D eigenvalue weighted by Gasteiger charge is -2.25. The van der Waals surface area contributed by atoms with Crippen LogP contribution >= 0.6 is 21.8 Å². The summed E-state index contributed by atoms with van der Waals surface area (Å²) in [5.74, 6) is 2.26. The number of amides is 1. The SMILES string of the molecule is C/C=C1\C(=N)C(c2cc(NSSCC)ccc2OCC2CC2)=CN(C)C1=O. The number of hydrogen-bond acceptors (Lipinski definition) is 6. The van der Waals surface area contributed by atoms with E-state index in [1.54, 1.807) is 48.0 Å². The average molecular weight is 404 g/mol. The normalized spacial score (nSPS) is 18.7. The Bertz CT molecular complexity index is 800. The minimum atomic E-state index is -0.157. The maximum absolute atomic E-state index is 12.3. The van der Waals surface area contributed by atoms with Gasteiger partial charge in [0.25, 0.3) is 5.91 Å². The summed E-state index contributed by atoms with van der Waals surface area (Å²) in [6.07, 6.45) is 5.88. The quantitative estimate of drug-likeness (QED) is 0.277. The molecule has 1 amide bonds. The highest BCUT2D eigenvalue weighted by atomic mass is 33.1. The van der Waals surface area contributed by atoms with Gasteiger partial charge in [0.05, 0.1) is 17.9 Å². The first-order valence-corrected chi connectivity index (χ1v) is 11.4. The van der Waals surface area contributed by atoms with E-state index in [1.165, 1.54) is 17.7 Å². The van der Waals surface area contributed by atoms with Crippen LogP contribution in [0, 0.1) is 11.3 Å². The Morgan fingerprint density at radius 2 is 2.19 bits per heavy atom. The topological polar surface area (TPSA) is 65.4 Å². The molecule has 1 aliphatic heterocycles. The number of rotatable bonds is 8. The zero-order valence-corrected chi connectivity index (χ0v) is 17.5. The molecule has 0 saturated heterocycles. The Labute approximate surface area is 168 Å². The van der Waals surface area contributed by atoms with Crippen LogP contribution < -0.4 is 9.46 Å². The third kappa shape index (κ3) is 4.71. The van der Waals surface area contributed by atoms with Crippen molar-refractivity contribution in [1.82, 2.24) is 4.90 Å². The zero-order chi connectivity index (χ0) is 19.4. The second kappa shape index (κ2) is 8.89. The molecule has 2 N–H and O–H groups in total. The number of hydrogen-bond donors (Lipinski definition) is 2. The number of carbonyl (C=O) groups excluding carboxylic acids is 1. The largest absolute Gasteiger partial charge is 0.493 e. The van der Waals surface area contributed by atoms with Crippen LogP contribution in [0.5, 0.6) is 5.75 Å². The summed E-state index contributed by atoms with van der Waals surface area (Å²) in [5, 5.41) is 8.56. The van der Waals surface area contributed by atoms with Gasteiger partial charge in [0.15, 0.2) is 0 Å². The molecule has 1 saturated carbocycles. The van der Waals surface area contributed by atoms with Crippen LogP contribution in [0.15, 0.2) is 36.0 Å². The first-order valence-electron chi connectivity index (χ1n) is 9.11. The van der Waals surface area contributed by atoms with Gasteiger partial charge in [0.2, 0.25) is 0 Å². The summed E-state index contributed by atoms with van der Waals surface area (Å²) >= 11 is 0. The predicted octanol–water partition coefficient (Wildman–Crippen LogP) is 4.98. The number of nitrogens with one attached hydrogen (secondary N) is 2. The van der Waals surface area contributed by atoms with Crippen molar-refractivity contribution in [1.29, 1.82) is 5.41 Å². The molecular formula is C20H25N3O2S2. The molecule has 144 valence electrons. The van der Waals surface area contributed by atoms with E-state index in [-0.39, 0.29) is 11.6 Å². The number of anilines is 1. The Balaban J connectivity index is 1.95. The molecule has 0 radical (unpaired) electrons. The number of benzene rings is 1. The molecule has 3 rings (SSSR count). The Hall–Kier alpha value is -1.86. The molecule has 5 nitrogen and oxygen atoms in total. The van der Waals surface area contributed by atoms with Crippen molar-refractivity contribution >= 4 is 44.7 Å². The first kappa shape index (κ1) is 19.9. The molecule has 7 heteroatoms. The summed E-state index contributed by atoms with van der Waals surface area (Å²) in [6.45, 7) is 4.60.